The minimum atomic E-state index is 0.497. The molecule has 0 spiro atoms. The summed E-state index contributed by atoms with van der Waals surface area (Å²) in [5, 5.41) is 8.77. The van der Waals surface area contributed by atoms with Gasteiger partial charge in [-0.05, 0) is 42.5 Å². The van der Waals surface area contributed by atoms with Gasteiger partial charge >= 0.3 is 0 Å². The summed E-state index contributed by atoms with van der Waals surface area (Å²) in [5.41, 5.74) is 2.00. The lowest BCUT2D eigenvalue weighted by molar-refractivity contribution is 0.621. The predicted octanol–water partition coefficient (Wildman–Crippen LogP) is 3.47. The van der Waals surface area contributed by atoms with E-state index in [-0.39, 0.29) is 0 Å². The predicted molar refractivity (Wildman–Crippen MR) is 74.5 cm³/mol. The Balaban J connectivity index is 1.84. The van der Waals surface area contributed by atoms with E-state index in [4.69, 9.17) is 5.26 Å². The summed E-state index contributed by atoms with van der Waals surface area (Å²) in [5.74, 6) is 1.41. The van der Waals surface area contributed by atoms with Gasteiger partial charge in [0.05, 0.1) is 11.6 Å². The topological polar surface area (TPSA) is 49.6 Å². The van der Waals surface area contributed by atoms with Crippen molar-refractivity contribution in [1.82, 2.24) is 9.97 Å². The van der Waals surface area contributed by atoms with Crippen LogP contribution in [0.4, 0.5) is 0 Å². The quantitative estimate of drug-likeness (QED) is 0.817. The van der Waals surface area contributed by atoms with Gasteiger partial charge in [0.25, 0.3) is 0 Å². The Morgan fingerprint density at radius 1 is 1.16 bits per heavy atom. The van der Waals surface area contributed by atoms with E-state index in [1.807, 2.05) is 30.3 Å². The average Bonchev–Trinajstić information content (AvgIpc) is 2.48. The number of benzene rings is 1. The highest BCUT2D eigenvalue weighted by Crippen LogP contribution is 2.21. The Morgan fingerprint density at radius 2 is 1.84 bits per heavy atom. The van der Waals surface area contributed by atoms with Crippen molar-refractivity contribution >= 4 is 0 Å². The number of nitriles is 1. The zero-order valence-corrected chi connectivity index (χ0v) is 11.1. The standard InChI is InChI=1S/C16H17N3/c1-13(15-8-6-14(12-17)7-9-15)4-2-5-16-18-10-3-11-19-16/h3,6-11,13H,2,4-5H2,1H3. The Morgan fingerprint density at radius 3 is 2.47 bits per heavy atom. The number of aryl methyl sites for hydroxylation is 1. The fraction of sp³-hybridized carbons (Fsp3) is 0.312. The van der Waals surface area contributed by atoms with Crippen LogP contribution in [-0.2, 0) is 6.42 Å². The molecule has 3 heteroatoms. The van der Waals surface area contributed by atoms with Crippen LogP contribution in [0.1, 0.15) is 42.6 Å². The smallest absolute Gasteiger partial charge is 0.128 e. The molecule has 1 atom stereocenters. The second-order valence-corrected chi connectivity index (χ2v) is 4.69. The van der Waals surface area contributed by atoms with Crippen molar-refractivity contribution in [3.63, 3.8) is 0 Å². The maximum absolute atomic E-state index is 8.77. The van der Waals surface area contributed by atoms with Crippen molar-refractivity contribution in [2.75, 3.05) is 0 Å². The molecule has 0 amide bonds. The van der Waals surface area contributed by atoms with Gasteiger partial charge in [-0.25, -0.2) is 9.97 Å². The van der Waals surface area contributed by atoms with Crippen molar-refractivity contribution in [3.8, 4) is 6.07 Å². The molecule has 0 aliphatic heterocycles. The van der Waals surface area contributed by atoms with Crippen molar-refractivity contribution in [1.29, 1.82) is 5.26 Å². The third-order valence-electron chi connectivity index (χ3n) is 3.27. The van der Waals surface area contributed by atoms with Crippen LogP contribution in [0.25, 0.3) is 0 Å². The summed E-state index contributed by atoms with van der Waals surface area (Å²) >= 11 is 0. The second kappa shape index (κ2) is 6.65. The molecule has 0 radical (unpaired) electrons. The van der Waals surface area contributed by atoms with E-state index in [2.05, 4.69) is 23.0 Å². The molecule has 0 aliphatic rings. The largest absolute Gasteiger partial charge is 0.241 e. The van der Waals surface area contributed by atoms with Gasteiger partial charge in [0.15, 0.2) is 0 Å². The van der Waals surface area contributed by atoms with Gasteiger partial charge in [0.2, 0.25) is 0 Å². The van der Waals surface area contributed by atoms with E-state index in [0.29, 0.717) is 11.5 Å². The average molecular weight is 251 g/mol. The normalized spacial score (nSPS) is 11.8. The molecule has 0 N–H and O–H groups in total. The molecule has 3 nitrogen and oxygen atoms in total. The highest BCUT2D eigenvalue weighted by atomic mass is 14.8. The van der Waals surface area contributed by atoms with Gasteiger partial charge in [-0.1, -0.05) is 19.1 Å². The summed E-state index contributed by atoms with van der Waals surface area (Å²) in [6.45, 7) is 2.22. The third-order valence-corrected chi connectivity index (χ3v) is 3.27. The highest BCUT2D eigenvalue weighted by molar-refractivity contribution is 5.32. The van der Waals surface area contributed by atoms with E-state index in [9.17, 15) is 0 Å². The summed E-state index contributed by atoms with van der Waals surface area (Å²) in [7, 11) is 0. The number of aromatic nitrogens is 2. The molecule has 1 aromatic carbocycles. The van der Waals surface area contributed by atoms with E-state index in [0.717, 1.165) is 25.1 Å². The molecule has 96 valence electrons. The molecule has 0 aliphatic carbocycles. The van der Waals surface area contributed by atoms with Gasteiger partial charge < -0.3 is 0 Å². The molecule has 0 saturated heterocycles. The Bertz CT molecular complexity index is 540. The molecule has 0 fully saturated rings. The SMILES string of the molecule is CC(CCCc1ncccn1)c1ccc(C#N)cc1. The van der Waals surface area contributed by atoms with Crippen LogP contribution < -0.4 is 0 Å². The lowest BCUT2D eigenvalue weighted by Gasteiger charge is -2.11. The van der Waals surface area contributed by atoms with Gasteiger partial charge in [0, 0.05) is 18.8 Å². The van der Waals surface area contributed by atoms with Gasteiger partial charge in [0.1, 0.15) is 5.82 Å². The van der Waals surface area contributed by atoms with Crippen LogP contribution in [0.15, 0.2) is 42.7 Å². The second-order valence-electron chi connectivity index (χ2n) is 4.69. The van der Waals surface area contributed by atoms with Crippen LogP contribution in [0.2, 0.25) is 0 Å². The van der Waals surface area contributed by atoms with Crippen LogP contribution in [0.3, 0.4) is 0 Å². The minimum absolute atomic E-state index is 0.497. The monoisotopic (exact) mass is 251 g/mol. The molecular weight excluding hydrogens is 234 g/mol. The molecule has 1 unspecified atom stereocenters. The first kappa shape index (κ1) is 13.2. The number of hydrogen-bond donors (Lipinski definition) is 0. The Kier molecular flexibility index (Phi) is 4.63. The fourth-order valence-corrected chi connectivity index (χ4v) is 2.08. The zero-order valence-electron chi connectivity index (χ0n) is 11.1. The summed E-state index contributed by atoms with van der Waals surface area (Å²) < 4.78 is 0. The number of nitrogens with zero attached hydrogens (tertiary/aromatic N) is 3. The molecular formula is C16H17N3. The maximum Gasteiger partial charge on any atom is 0.128 e. The Labute approximate surface area is 114 Å². The van der Waals surface area contributed by atoms with Crippen LogP contribution in [-0.4, -0.2) is 9.97 Å². The number of hydrogen-bond acceptors (Lipinski definition) is 3. The van der Waals surface area contributed by atoms with Crippen molar-refractivity contribution in [2.45, 2.75) is 32.1 Å². The van der Waals surface area contributed by atoms with Crippen LogP contribution in [0.5, 0.6) is 0 Å². The zero-order chi connectivity index (χ0) is 13.5. The van der Waals surface area contributed by atoms with E-state index in [1.165, 1.54) is 5.56 Å². The Hall–Kier alpha value is -2.21. The molecule has 19 heavy (non-hydrogen) atoms. The van der Waals surface area contributed by atoms with Crippen LogP contribution >= 0.6 is 0 Å². The maximum atomic E-state index is 8.77. The fourth-order valence-electron chi connectivity index (χ4n) is 2.08. The molecule has 1 aromatic heterocycles. The van der Waals surface area contributed by atoms with E-state index < -0.39 is 0 Å². The first-order valence-corrected chi connectivity index (χ1v) is 6.55. The van der Waals surface area contributed by atoms with Gasteiger partial charge in [-0.3, -0.25) is 0 Å². The lowest BCUT2D eigenvalue weighted by atomic mass is 9.95. The van der Waals surface area contributed by atoms with Gasteiger partial charge in [-0.2, -0.15) is 5.26 Å². The van der Waals surface area contributed by atoms with E-state index >= 15 is 0 Å². The molecule has 2 rings (SSSR count). The summed E-state index contributed by atoms with van der Waals surface area (Å²) in [4.78, 5) is 8.45. The highest BCUT2D eigenvalue weighted by Gasteiger charge is 2.06. The molecule has 0 bridgehead atoms. The minimum Gasteiger partial charge on any atom is -0.241 e. The number of rotatable bonds is 5. The van der Waals surface area contributed by atoms with Gasteiger partial charge in [-0.15, -0.1) is 0 Å². The van der Waals surface area contributed by atoms with Crippen molar-refractivity contribution in [2.24, 2.45) is 0 Å². The molecule has 0 saturated carbocycles. The van der Waals surface area contributed by atoms with Crippen LogP contribution in [0, 0.1) is 11.3 Å². The lowest BCUT2D eigenvalue weighted by Crippen LogP contribution is -1.98. The van der Waals surface area contributed by atoms with Crippen molar-refractivity contribution < 1.29 is 0 Å². The molecule has 1 heterocycles. The third kappa shape index (κ3) is 3.89. The first-order valence-electron chi connectivity index (χ1n) is 6.55. The molecule has 2 aromatic rings. The summed E-state index contributed by atoms with van der Waals surface area (Å²) in [6.07, 6.45) is 6.66. The first-order chi connectivity index (χ1) is 9.29. The summed E-state index contributed by atoms with van der Waals surface area (Å²) in [6, 6.07) is 11.8. The van der Waals surface area contributed by atoms with Crippen molar-refractivity contribution in [3.05, 3.63) is 59.7 Å². The van der Waals surface area contributed by atoms with E-state index in [1.54, 1.807) is 12.4 Å².